The number of hydrogen-bond acceptors (Lipinski definition) is 5. The zero-order valence-electron chi connectivity index (χ0n) is 11.1. The van der Waals surface area contributed by atoms with Crippen molar-refractivity contribution in [3.8, 4) is 5.75 Å². The average Bonchev–Trinajstić information content (AvgIpc) is 2.46. The smallest absolute Gasteiger partial charge is 0.308 e. The molecule has 1 heterocycles. The highest BCUT2D eigenvalue weighted by Gasteiger charge is 2.26. The van der Waals surface area contributed by atoms with E-state index >= 15 is 0 Å². The molecule has 0 radical (unpaired) electrons. The Morgan fingerprint density at radius 2 is 2.25 bits per heavy atom. The Hall–Kier alpha value is -2.31. The Balaban J connectivity index is 2.29. The number of nitro groups is 1. The molecule has 1 aliphatic rings. The Kier molecular flexibility index (Phi) is 4.07. The van der Waals surface area contributed by atoms with E-state index in [1.165, 1.54) is 19.2 Å². The Labute approximate surface area is 115 Å². The third kappa shape index (κ3) is 2.98. The van der Waals surface area contributed by atoms with E-state index in [0.29, 0.717) is 30.9 Å². The van der Waals surface area contributed by atoms with Crippen LogP contribution in [0.1, 0.15) is 12.8 Å². The van der Waals surface area contributed by atoms with Crippen LogP contribution in [0.2, 0.25) is 0 Å². The van der Waals surface area contributed by atoms with Gasteiger partial charge in [-0.15, -0.1) is 0 Å². The van der Waals surface area contributed by atoms with Gasteiger partial charge in [0.2, 0.25) is 0 Å². The monoisotopic (exact) mass is 280 g/mol. The van der Waals surface area contributed by atoms with Crippen LogP contribution in [0.3, 0.4) is 0 Å². The molecule has 2 rings (SSSR count). The van der Waals surface area contributed by atoms with Crippen molar-refractivity contribution in [1.82, 2.24) is 0 Å². The number of carboxylic acids is 1. The average molecular weight is 280 g/mol. The first-order valence-electron chi connectivity index (χ1n) is 6.32. The number of carboxylic acid groups (broad SMARTS) is 1. The van der Waals surface area contributed by atoms with Gasteiger partial charge in [-0.2, -0.15) is 0 Å². The molecule has 1 aromatic carbocycles. The predicted molar refractivity (Wildman–Crippen MR) is 72.2 cm³/mol. The first-order valence-corrected chi connectivity index (χ1v) is 6.32. The summed E-state index contributed by atoms with van der Waals surface area (Å²) in [4.78, 5) is 23.4. The molecule has 1 atom stereocenters. The molecule has 108 valence electrons. The lowest BCUT2D eigenvalue weighted by atomic mass is 9.98. The minimum Gasteiger partial charge on any atom is -0.496 e. The molecule has 1 saturated heterocycles. The zero-order chi connectivity index (χ0) is 14.7. The van der Waals surface area contributed by atoms with Crippen LogP contribution in [0, 0.1) is 16.0 Å². The second-order valence-corrected chi connectivity index (χ2v) is 4.77. The molecule has 20 heavy (non-hydrogen) atoms. The molecule has 0 spiro atoms. The van der Waals surface area contributed by atoms with E-state index in [9.17, 15) is 14.9 Å². The standard InChI is InChI=1S/C13H16N2O5/c1-20-12-6-10(5-11(7-12)15(18)19)14-4-2-3-9(8-14)13(16)17/h5-7,9H,2-4,8H2,1H3,(H,16,17). The van der Waals surface area contributed by atoms with Gasteiger partial charge in [0.05, 0.1) is 24.0 Å². The molecule has 1 aromatic rings. The van der Waals surface area contributed by atoms with Gasteiger partial charge in [0.1, 0.15) is 5.75 Å². The number of aliphatic carboxylic acids is 1. The second kappa shape index (κ2) is 5.77. The highest BCUT2D eigenvalue weighted by Crippen LogP contribution is 2.31. The zero-order valence-corrected chi connectivity index (χ0v) is 11.1. The van der Waals surface area contributed by atoms with Gasteiger partial charge < -0.3 is 14.7 Å². The molecular formula is C13H16N2O5. The summed E-state index contributed by atoms with van der Waals surface area (Å²) < 4.78 is 5.06. The lowest BCUT2D eigenvalue weighted by Crippen LogP contribution is -2.38. The van der Waals surface area contributed by atoms with E-state index in [0.717, 1.165) is 6.42 Å². The molecule has 7 heteroatoms. The van der Waals surface area contributed by atoms with Crippen LogP contribution in [0.15, 0.2) is 18.2 Å². The largest absolute Gasteiger partial charge is 0.496 e. The molecule has 0 aromatic heterocycles. The van der Waals surface area contributed by atoms with Crippen molar-refractivity contribution in [2.75, 3.05) is 25.1 Å². The lowest BCUT2D eigenvalue weighted by molar-refractivity contribution is -0.384. The maximum absolute atomic E-state index is 11.1. The summed E-state index contributed by atoms with van der Waals surface area (Å²) in [7, 11) is 1.44. The number of hydrogen-bond donors (Lipinski definition) is 1. The topological polar surface area (TPSA) is 92.9 Å². The lowest BCUT2D eigenvalue weighted by Gasteiger charge is -2.32. The first kappa shape index (κ1) is 14.1. The summed E-state index contributed by atoms with van der Waals surface area (Å²) in [5.74, 6) is -0.868. The van der Waals surface area contributed by atoms with Gasteiger partial charge in [0, 0.05) is 30.9 Å². The molecule has 0 aliphatic carbocycles. The third-order valence-electron chi connectivity index (χ3n) is 3.46. The normalized spacial score (nSPS) is 18.6. The van der Waals surface area contributed by atoms with Crippen LogP contribution in [0.4, 0.5) is 11.4 Å². The molecule has 1 fully saturated rings. The van der Waals surface area contributed by atoms with E-state index in [1.807, 2.05) is 4.90 Å². The Bertz CT molecular complexity index is 531. The minimum atomic E-state index is -0.827. The fourth-order valence-electron chi connectivity index (χ4n) is 2.39. The van der Waals surface area contributed by atoms with Gasteiger partial charge >= 0.3 is 5.97 Å². The molecular weight excluding hydrogens is 264 g/mol. The van der Waals surface area contributed by atoms with Crippen molar-refractivity contribution in [3.05, 3.63) is 28.3 Å². The molecule has 0 amide bonds. The van der Waals surface area contributed by atoms with Crippen molar-refractivity contribution in [2.24, 2.45) is 5.92 Å². The van der Waals surface area contributed by atoms with Crippen molar-refractivity contribution in [3.63, 3.8) is 0 Å². The molecule has 1 N–H and O–H groups in total. The summed E-state index contributed by atoms with van der Waals surface area (Å²) in [6.45, 7) is 1.05. The summed E-state index contributed by atoms with van der Waals surface area (Å²) in [5, 5.41) is 20.0. The van der Waals surface area contributed by atoms with Crippen molar-refractivity contribution in [2.45, 2.75) is 12.8 Å². The van der Waals surface area contributed by atoms with E-state index in [-0.39, 0.29) is 5.69 Å². The minimum absolute atomic E-state index is 0.0585. The number of benzene rings is 1. The third-order valence-corrected chi connectivity index (χ3v) is 3.46. The van der Waals surface area contributed by atoms with Crippen molar-refractivity contribution >= 4 is 17.3 Å². The van der Waals surface area contributed by atoms with Gasteiger partial charge in [-0.25, -0.2) is 0 Å². The van der Waals surface area contributed by atoms with Gasteiger partial charge in [0.25, 0.3) is 5.69 Å². The fraction of sp³-hybridized carbons (Fsp3) is 0.462. The van der Waals surface area contributed by atoms with Crippen molar-refractivity contribution in [1.29, 1.82) is 0 Å². The highest BCUT2D eigenvalue weighted by atomic mass is 16.6. The number of ether oxygens (including phenoxy) is 1. The van der Waals surface area contributed by atoms with E-state index < -0.39 is 16.8 Å². The van der Waals surface area contributed by atoms with Gasteiger partial charge in [-0.3, -0.25) is 14.9 Å². The molecule has 0 saturated carbocycles. The number of rotatable bonds is 4. The van der Waals surface area contributed by atoms with Crippen LogP contribution in [0.5, 0.6) is 5.75 Å². The SMILES string of the molecule is COc1cc(N2CCCC(C(=O)O)C2)cc([N+](=O)[O-])c1. The van der Waals surface area contributed by atoms with E-state index in [2.05, 4.69) is 0 Å². The van der Waals surface area contributed by atoms with Gasteiger partial charge in [0.15, 0.2) is 0 Å². The Morgan fingerprint density at radius 3 is 2.85 bits per heavy atom. The molecule has 0 bridgehead atoms. The summed E-state index contributed by atoms with van der Waals surface area (Å²) in [5.41, 5.74) is 0.568. The number of nitro benzene ring substituents is 1. The maximum atomic E-state index is 11.1. The van der Waals surface area contributed by atoms with Crippen LogP contribution >= 0.6 is 0 Å². The van der Waals surface area contributed by atoms with Crippen LogP contribution in [-0.4, -0.2) is 36.2 Å². The molecule has 7 nitrogen and oxygen atoms in total. The number of carbonyl (C=O) groups is 1. The Morgan fingerprint density at radius 1 is 1.50 bits per heavy atom. The number of non-ortho nitro benzene ring substituents is 1. The molecule has 1 aliphatic heterocycles. The van der Waals surface area contributed by atoms with Crippen LogP contribution < -0.4 is 9.64 Å². The number of anilines is 1. The van der Waals surface area contributed by atoms with Crippen LogP contribution in [0.25, 0.3) is 0 Å². The molecule has 1 unspecified atom stereocenters. The fourth-order valence-corrected chi connectivity index (χ4v) is 2.39. The van der Waals surface area contributed by atoms with E-state index in [4.69, 9.17) is 9.84 Å². The summed E-state index contributed by atoms with van der Waals surface area (Å²) in [6.07, 6.45) is 1.39. The number of methoxy groups -OCH3 is 1. The van der Waals surface area contributed by atoms with Gasteiger partial charge in [-0.1, -0.05) is 0 Å². The van der Waals surface area contributed by atoms with Crippen LogP contribution in [-0.2, 0) is 4.79 Å². The quantitative estimate of drug-likeness (QED) is 0.669. The summed E-state index contributed by atoms with van der Waals surface area (Å²) >= 11 is 0. The van der Waals surface area contributed by atoms with E-state index in [1.54, 1.807) is 6.07 Å². The van der Waals surface area contributed by atoms with Gasteiger partial charge in [-0.05, 0) is 12.8 Å². The summed E-state index contributed by atoms with van der Waals surface area (Å²) in [6, 6.07) is 4.49. The number of piperidine rings is 1. The number of nitrogens with zero attached hydrogens (tertiary/aromatic N) is 2. The maximum Gasteiger partial charge on any atom is 0.308 e. The highest BCUT2D eigenvalue weighted by molar-refractivity contribution is 5.71. The second-order valence-electron chi connectivity index (χ2n) is 4.77. The van der Waals surface area contributed by atoms with Crippen molar-refractivity contribution < 1.29 is 19.6 Å². The first-order chi connectivity index (χ1) is 9.51. The predicted octanol–water partition coefficient (Wildman–Crippen LogP) is 1.90.